The van der Waals surface area contributed by atoms with Gasteiger partial charge in [0.15, 0.2) is 6.23 Å². The number of nitrogens with one attached hydrogen (secondary N) is 3. The second-order valence-corrected chi connectivity index (χ2v) is 10.3. The van der Waals surface area contributed by atoms with Crippen LogP contribution in [0, 0.1) is 0 Å². The summed E-state index contributed by atoms with van der Waals surface area (Å²) >= 11 is 0. The molecule has 5 N–H and O–H groups in total. The molecular formula is C20H32FN4O11P. The van der Waals surface area contributed by atoms with Crippen LogP contribution in [0.1, 0.15) is 40.8 Å². The Morgan fingerprint density at radius 2 is 1.73 bits per heavy atom. The number of ether oxygens (including phenoxy) is 3. The summed E-state index contributed by atoms with van der Waals surface area (Å²) in [6, 6.07) is -1.60. The number of carbonyl (C=O) groups is 2. The van der Waals surface area contributed by atoms with Crippen molar-refractivity contribution in [3.05, 3.63) is 33.1 Å². The molecule has 17 heteroatoms. The largest absolute Gasteiger partial charge is 0.465 e. The first kappa shape index (κ1) is 30.8. The molecule has 0 radical (unpaired) electrons. The van der Waals surface area contributed by atoms with E-state index in [0.717, 1.165) is 19.2 Å². The van der Waals surface area contributed by atoms with Gasteiger partial charge in [-0.2, -0.15) is 0 Å². The molecule has 1 aliphatic rings. The minimum Gasteiger partial charge on any atom is -0.465 e. The van der Waals surface area contributed by atoms with E-state index in [1.165, 1.54) is 13.8 Å². The van der Waals surface area contributed by atoms with Gasteiger partial charge in [0.1, 0.15) is 30.4 Å². The lowest BCUT2D eigenvalue weighted by Gasteiger charge is -2.30. The number of aromatic nitrogens is 2. The van der Waals surface area contributed by atoms with Crippen molar-refractivity contribution in [1.82, 2.24) is 19.7 Å². The van der Waals surface area contributed by atoms with Crippen LogP contribution in [0.5, 0.6) is 0 Å². The molecule has 0 aliphatic carbocycles. The SMILES string of the molecule is CCOC(=O)C(C)NP(=O)(NC(C)C(=O)OCC)OC[C@@]1(F)O[C@@H](n2ccc(=O)[nH]c2=O)[C@](C)(O)[C@@H]1O. The normalized spacial score (nSPS) is 28.8. The first-order valence-corrected chi connectivity index (χ1v) is 12.9. The molecule has 0 saturated carbocycles. The first-order chi connectivity index (χ1) is 17.1. The number of rotatable bonds is 12. The monoisotopic (exact) mass is 554 g/mol. The maximum Gasteiger partial charge on any atom is 0.342 e. The Labute approximate surface area is 210 Å². The van der Waals surface area contributed by atoms with E-state index in [2.05, 4.69) is 10.2 Å². The van der Waals surface area contributed by atoms with Crippen LogP contribution < -0.4 is 21.4 Å². The summed E-state index contributed by atoms with van der Waals surface area (Å²) in [5, 5.41) is 25.9. The van der Waals surface area contributed by atoms with Crippen molar-refractivity contribution in [1.29, 1.82) is 0 Å². The lowest BCUT2D eigenvalue weighted by atomic mass is 9.95. The first-order valence-electron chi connectivity index (χ1n) is 11.3. The number of esters is 2. The van der Waals surface area contributed by atoms with Gasteiger partial charge in [-0.25, -0.2) is 19.4 Å². The maximum atomic E-state index is 15.8. The third kappa shape index (κ3) is 7.10. The number of hydrogen-bond acceptors (Lipinski definition) is 11. The van der Waals surface area contributed by atoms with Crippen molar-refractivity contribution in [2.45, 2.75) is 70.5 Å². The Morgan fingerprint density at radius 1 is 1.22 bits per heavy atom. The van der Waals surface area contributed by atoms with Crippen molar-refractivity contribution in [2.75, 3.05) is 19.8 Å². The van der Waals surface area contributed by atoms with E-state index in [9.17, 15) is 34.0 Å². The quantitative estimate of drug-likeness (QED) is 0.156. The summed E-state index contributed by atoms with van der Waals surface area (Å²) in [7, 11) is -4.49. The van der Waals surface area contributed by atoms with Crippen molar-refractivity contribution in [2.24, 2.45) is 0 Å². The van der Waals surface area contributed by atoms with E-state index in [1.807, 2.05) is 4.98 Å². The minimum absolute atomic E-state index is 0.0108. The van der Waals surface area contributed by atoms with Crippen LogP contribution >= 0.6 is 7.67 Å². The third-order valence-electron chi connectivity index (χ3n) is 5.32. The van der Waals surface area contributed by atoms with Gasteiger partial charge in [-0.1, -0.05) is 0 Å². The molecular weight excluding hydrogens is 522 g/mol. The Balaban J connectivity index is 2.32. The molecule has 1 aromatic rings. The van der Waals surface area contributed by atoms with E-state index in [1.54, 1.807) is 13.8 Å². The highest BCUT2D eigenvalue weighted by molar-refractivity contribution is 7.54. The molecule has 1 fully saturated rings. The van der Waals surface area contributed by atoms with Gasteiger partial charge in [0.05, 0.1) is 13.2 Å². The van der Waals surface area contributed by atoms with E-state index in [4.69, 9.17) is 18.7 Å². The lowest BCUT2D eigenvalue weighted by molar-refractivity contribution is -0.203. The number of alkyl halides is 1. The molecule has 0 amide bonds. The number of aliphatic hydroxyl groups excluding tert-OH is 1. The highest BCUT2D eigenvalue weighted by Gasteiger charge is 2.63. The standard InChI is InChI=1S/C20H32FN4O11P/c1-6-33-14(27)11(3)23-37(32,24-12(4)15(28)34-7-2)35-10-20(21)16(29)19(5,31)17(36-20)25-9-8-13(26)22-18(25)30/h8-9,11-12,16-17,29,31H,6-7,10H2,1-5H3,(H,22,26,30)(H2,23,24,32)/t11?,12?,16-,17+,19+,20+,37?/m0/s1. The van der Waals surface area contributed by atoms with Gasteiger partial charge >= 0.3 is 25.3 Å². The molecule has 15 nitrogen and oxygen atoms in total. The van der Waals surface area contributed by atoms with Crippen LogP contribution in [0.25, 0.3) is 0 Å². The highest BCUT2D eigenvalue weighted by Crippen LogP contribution is 2.48. The molecule has 0 aromatic carbocycles. The summed E-state index contributed by atoms with van der Waals surface area (Å²) in [5.41, 5.74) is -4.25. The molecule has 0 spiro atoms. The molecule has 2 unspecified atom stereocenters. The summed E-state index contributed by atoms with van der Waals surface area (Å²) in [6.07, 6.45) is -3.25. The number of nitrogens with zero attached hydrogens (tertiary/aromatic N) is 1. The Kier molecular flexibility index (Phi) is 9.93. The number of aliphatic hydroxyl groups is 2. The van der Waals surface area contributed by atoms with Crippen LogP contribution in [0.3, 0.4) is 0 Å². The Morgan fingerprint density at radius 3 is 2.19 bits per heavy atom. The molecule has 2 rings (SSSR count). The van der Waals surface area contributed by atoms with Gasteiger partial charge in [0.25, 0.3) is 11.4 Å². The zero-order chi connectivity index (χ0) is 28.2. The smallest absolute Gasteiger partial charge is 0.342 e. The van der Waals surface area contributed by atoms with Crippen molar-refractivity contribution >= 4 is 19.6 Å². The zero-order valence-corrected chi connectivity index (χ0v) is 21.8. The van der Waals surface area contributed by atoms with Crippen LogP contribution in [-0.2, 0) is 32.9 Å². The van der Waals surface area contributed by atoms with Gasteiger partial charge < -0.3 is 24.4 Å². The number of halogens is 1. The number of hydrogen-bond donors (Lipinski definition) is 5. The fraction of sp³-hybridized carbons (Fsp3) is 0.700. The van der Waals surface area contributed by atoms with Crippen LogP contribution in [0.15, 0.2) is 21.9 Å². The topological polar surface area (TPSA) is 208 Å². The Hall–Kier alpha value is -2.46. The van der Waals surface area contributed by atoms with Gasteiger partial charge in [0.2, 0.25) is 0 Å². The summed E-state index contributed by atoms with van der Waals surface area (Å²) in [5.74, 6) is -4.91. The molecule has 0 bridgehead atoms. The van der Waals surface area contributed by atoms with Crippen LogP contribution in [-0.4, -0.2) is 81.2 Å². The molecule has 2 heterocycles. The number of aromatic amines is 1. The van der Waals surface area contributed by atoms with Gasteiger partial charge in [-0.15, -0.1) is 0 Å². The molecule has 210 valence electrons. The molecule has 1 aliphatic heterocycles. The van der Waals surface area contributed by atoms with Crippen molar-refractivity contribution in [3.8, 4) is 0 Å². The molecule has 6 atom stereocenters. The second kappa shape index (κ2) is 11.9. The number of carbonyl (C=O) groups excluding carboxylic acids is 2. The predicted octanol–water partition coefficient (Wildman–Crippen LogP) is -0.950. The summed E-state index contributed by atoms with van der Waals surface area (Å²) < 4.78 is 50.0. The highest BCUT2D eigenvalue weighted by atomic mass is 31.2. The Bertz CT molecular complexity index is 1110. The number of H-pyrrole nitrogens is 1. The zero-order valence-electron chi connectivity index (χ0n) is 20.9. The van der Waals surface area contributed by atoms with Gasteiger partial charge in [-0.05, 0) is 34.6 Å². The summed E-state index contributed by atoms with van der Waals surface area (Å²) in [4.78, 5) is 49.5. The minimum atomic E-state index is -4.49. The second-order valence-electron chi connectivity index (χ2n) is 8.43. The van der Waals surface area contributed by atoms with Crippen molar-refractivity contribution in [3.63, 3.8) is 0 Å². The fourth-order valence-corrected chi connectivity index (χ4v) is 5.26. The molecule has 1 aromatic heterocycles. The average molecular weight is 554 g/mol. The maximum absolute atomic E-state index is 15.8. The van der Waals surface area contributed by atoms with Crippen LogP contribution in [0.4, 0.5) is 4.39 Å². The van der Waals surface area contributed by atoms with E-state index < -0.39 is 73.3 Å². The molecule has 37 heavy (non-hydrogen) atoms. The van der Waals surface area contributed by atoms with Gasteiger partial charge in [0, 0.05) is 12.3 Å². The van der Waals surface area contributed by atoms with E-state index >= 15 is 4.39 Å². The fourth-order valence-electron chi connectivity index (χ4n) is 3.44. The van der Waals surface area contributed by atoms with E-state index in [0.29, 0.717) is 4.57 Å². The van der Waals surface area contributed by atoms with Crippen LogP contribution in [0.2, 0.25) is 0 Å². The molecule has 1 saturated heterocycles. The lowest BCUT2D eigenvalue weighted by Crippen LogP contribution is -2.50. The summed E-state index contributed by atoms with van der Waals surface area (Å²) in [6.45, 7) is 5.34. The van der Waals surface area contributed by atoms with Gasteiger partial charge in [-0.3, -0.25) is 33.0 Å². The third-order valence-corrected chi connectivity index (χ3v) is 7.27. The predicted molar refractivity (Wildman–Crippen MR) is 124 cm³/mol. The van der Waals surface area contributed by atoms with E-state index in [-0.39, 0.29) is 13.2 Å². The van der Waals surface area contributed by atoms with Crippen molar-refractivity contribution < 1.29 is 47.5 Å². The average Bonchev–Trinajstić information content (AvgIpc) is 2.98.